The number of nitrogens with zero attached hydrogens (tertiary/aromatic N) is 2. The van der Waals surface area contributed by atoms with E-state index in [0.717, 1.165) is 11.3 Å². The molecule has 7 rings (SSSR count). The van der Waals surface area contributed by atoms with Crippen LogP contribution in [-0.2, 0) is 0 Å². The molecule has 1 spiro atoms. The fourth-order valence-electron chi connectivity index (χ4n) is 7.04. The molecular formula is C34H24N2O6. The molecule has 0 bridgehead atoms. The zero-order valence-electron chi connectivity index (χ0n) is 22.5. The summed E-state index contributed by atoms with van der Waals surface area (Å²) >= 11 is 0. The number of hydrogen-bond acceptors (Lipinski definition) is 7. The summed E-state index contributed by atoms with van der Waals surface area (Å²) in [6.07, 6.45) is 3.74. The highest BCUT2D eigenvalue weighted by atomic mass is 16.6. The van der Waals surface area contributed by atoms with Crippen molar-refractivity contribution in [3.8, 4) is 5.75 Å². The van der Waals surface area contributed by atoms with Crippen LogP contribution in [0.1, 0.15) is 48.1 Å². The molecule has 4 aromatic rings. The summed E-state index contributed by atoms with van der Waals surface area (Å²) in [5, 5.41) is 11.5. The maximum absolute atomic E-state index is 14.7. The number of rotatable bonds is 5. The smallest absolute Gasteiger partial charge is 0.269 e. The molecule has 206 valence electrons. The lowest BCUT2D eigenvalue weighted by molar-refractivity contribution is -0.384. The molecule has 4 aromatic carbocycles. The number of methoxy groups -OCH3 is 1. The molecule has 8 nitrogen and oxygen atoms in total. The fraction of sp³-hybridized carbons (Fsp3) is 0.147. The van der Waals surface area contributed by atoms with Gasteiger partial charge in [0.1, 0.15) is 17.2 Å². The molecule has 1 fully saturated rings. The normalized spacial score (nSPS) is 21.2. The number of fused-ring (bicyclic) bond motifs is 5. The van der Waals surface area contributed by atoms with Crippen molar-refractivity contribution in [1.82, 2.24) is 0 Å². The molecule has 1 saturated heterocycles. The minimum atomic E-state index is -1.68. The molecule has 8 heteroatoms. The predicted molar refractivity (Wildman–Crippen MR) is 156 cm³/mol. The molecule has 0 saturated carbocycles. The van der Waals surface area contributed by atoms with E-state index in [2.05, 4.69) is 0 Å². The van der Waals surface area contributed by atoms with Gasteiger partial charge < -0.3 is 9.64 Å². The lowest BCUT2D eigenvalue weighted by Crippen LogP contribution is -2.48. The Morgan fingerprint density at radius 1 is 0.881 bits per heavy atom. The molecule has 2 aliphatic heterocycles. The molecule has 0 aromatic heterocycles. The van der Waals surface area contributed by atoms with Crippen LogP contribution in [0, 0.1) is 15.5 Å². The van der Waals surface area contributed by atoms with Crippen molar-refractivity contribution >= 4 is 34.8 Å². The first kappa shape index (κ1) is 25.6. The van der Waals surface area contributed by atoms with Crippen LogP contribution in [0.15, 0.2) is 103 Å². The maximum atomic E-state index is 14.7. The Labute approximate surface area is 241 Å². The van der Waals surface area contributed by atoms with Gasteiger partial charge in [-0.15, -0.1) is 0 Å². The van der Waals surface area contributed by atoms with E-state index in [0.29, 0.717) is 28.0 Å². The monoisotopic (exact) mass is 556 g/mol. The zero-order valence-corrected chi connectivity index (χ0v) is 22.5. The first-order valence-corrected chi connectivity index (χ1v) is 13.5. The Bertz CT molecular complexity index is 1810. The average Bonchev–Trinajstić information content (AvgIpc) is 3.47. The molecular weight excluding hydrogens is 532 g/mol. The van der Waals surface area contributed by atoms with Crippen molar-refractivity contribution in [1.29, 1.82) is 0 Å². The highest BCUT2D eigenvalue weighted by Crippen LogP contribution is 2.61. The van der Waals surface area contributed by atoms with Crippen molar-refractivity contribution in [2.45, 2.75) is 18.0 Å². The van der Waals surface area contributed by atoms with Gasteiger partial charge in [0.15, 0.2) is 17.3 Å². The number of hydrogen-bond donors (Lipinski definition) is 0. The number of nitro groups is 1. The predicted octanol–water partition coefficient (Wildman–Crippen LogP) is 5.92. The van der Waals surface area contributed by atoms with Crippen LogP contribution >= 0.6 is 0 Å². The fourth-order valence-corrected chi connectivity index (χ4v) is 7.04. The van der Waals surface area contributed by atoms with Crippen molar-refractivity contribution in [2.24, 2.45) is 5.41 Å². The summed E-state index contributed by atoms with van der Waals surface area (Å²) in [5.41, 5.74) is 1.27. The van der Waals surface area contributed by atoms with Crippen LogP contribution in [0.25, 0.3) is 6.08 Å². The van der Waals surface area contributed by atoms with Crippen LogP contribution in [0.2, 0.25) is 0 Å². The third-order valence-electron chi connectivity index (χ3n) is 8.80. The Hall–Kier alpha value is -5.37. The molecule has 2 heterocycles. The number of para-hydroxylation sites is 1. The molecule has 0 amide bonds. The van der Waals surface area contributed by atoms with Crippen LogP contribution in [0.5, 0.6) is 5.75 Å². The number of carbonyl (C=O) groups is 3. The number of anilines is 1. The highest BCUT2D eigenvalue weighted by Gasteiger charge is 2.71. The summed E-state index contributed by atoms with van der Waals surface area (Å²) in [7, 11) is 1.52. The SMILES string of the molecule is COc1cccc(C(=O)C2C(c3ccc([N+](=O)[O-])cc3)C3(C(=O)c4ccccc4C3=O)C3C=Cc4ccccc4N23)c1. The Kier molecular flexibility index (Phi) is 5.69. The summed E-state index contributed by atoms with van der Waals surface area (Å²) in [5.74, 6) is -1.46. The summed E-state index contributed by atoms with van der Waals surface area (Å²) in [6.45, 7) is 0. The third-order valence-corrected chi connectivity index (χ3v) is 8.80. The number of carbonyl (C=O) groups excluding carboxylic acids is 3. The lowest BCUT2D eigenvalue weighted by Gasteiger charge is -2.37. The second kappa shape index (κ2) is 9.34. The minimum absolute atomic E-state index is 0.128. The van der Waals surface area contributed by atoms with Crippen molar-refractivity contribution in [2.75, 3.05) is 12.0 Å². The van der Waals surface area contributed by atoms with E-state index in [9.17, 15) is 24.5 Å². The van der Waals surface area contributed by atoms with Gasteiger partial charge in [0.25, 0.3) is 5.69 Å². The van der Waals surface area contributed by atoms with Gasteiger partial charge in [0.05, 0.1) is 18.1 Å². The van der Waals surface area contributed by atoms with Crippen molar-refractivity contribution in [3.63, 3.8) is 0 Å². The summed E-state index contributed by atoms with van der Waals surface area (Å²) in [6, 6.07) is 25.2. The second-order valence-corrected chi connectivity index (χ2v) is 10.7. The molecule has 0 N–H and O–H groups in total. The van der Waals surface area contributed by atoms with Gasteiger partial charge >= 0.3 is 0 Å². The quantitative estimate of drug-likeness (QED) is 0.130. The van der Waals surface area contributed by atoms with E-state index < -0.39 is 28.3 Å². The Morgan fingerprint density at radius 2 is 1.55 bits per heavy atom. The number of ketones is 3. The molecule has 0 radical (unpaired) electrons. The standard InChI is InChI=1S/C34H24N2O6/c1-42-24-9-6-8-22(19-24)31(37)30-29(21-13-16-23(17-14-21)36(40)41)34(32(38)25-10-3-4-11-26(25)33(34)39)28-18-15-20-7-2-5-12-27(20)35(28)30/h2-19,28-30H,1H3. The summed E-state index contributed by atoms with van der Waals surface area (Å²) in [4.78, 5) is 56.9. The first-order chi connectivity index (χ1) is 20.4. The van der Waals surface area contributed by atoms with E-state index in [1.54, 1.807) is 60.7 Å². The Balaban J connectivity index is 1.53. The van der Waals surface area contributed by atoms with Crippen LogP contribution < -0.4 is 9.64 Å². The highest BCUT2D eigenvalue weighted by molar-refractivity contribution is 6.32. The molecule has 42 heavy (non-hydrogen) atoms. The number of non-ortho nitro benzene ring substituents is 1. The van der Waals surface area contributed by atoms with Crippen molar-refractivity contribution in [3.05, 3.63) is 141 Å². The largest absolute Gasteiger partial charge is 0.497 e. The summed E-state index contributed by atoms with van der Waals surface area (Å²) < 4.78 is 5.40. The van der Waals surface area contributed by atoms with Gasteiger partial charge in [-0.3, -0.25) is 24.5 Å². The zero-order chi connectivity index (χ0) is 29.2. The van der Waals surface area contributed by atoms with E-state index in [1.807, 2.05) is 41.3 Å². The van der Waals surface area contributed by atoms with E-state index in [-0.39, 0.29) is 23.0 Å². The molecule has 1 aliphatic carbocycles. The number of benzene rings is 4. The second-order valence-electron chi connectivity index (χ2n) is 10.7. The maximum Gasteiger partial charge on any atom is 0.269 e. The van der Waals surface area contributed by atoms with Crippen LogP contribution in [0.3, 0.4) is 0 Å². The van der Waals surface area contributed by atoms with Gasteiger partial charge in [-0.2, -0.15) is 0 Å². The number of nitro benzene ring substituents is 1. The van der Waals surface area contributed by atoms with E-state index in [4.69, 9.17) is 4.74 Å². The number of ether oxygens (including phenoxy) is 1. The van der Waals surface area contributed by atoms with Gasteiger partial charge in [0, 0.05) is 40.4 Å². The molecule has 3 atom stereocenters. The number of Topliss-reactive ketones (excluding diaryl/α,β-unsaturated/α-hetero) is 3. The molecule has 3 aliphatic rings. The van der Waals surface area contributed by atoms with E-state index >= 15 is 0 Å². The van der Waals surface area contributed by atoms with Gasteiger partial charge in [-0.1, -0.05) is 78.9 Å². The third kappa shape index (κ3) is 3.38. The lowest BCUT2D eigenvalue weighted by atomic mass is 9.64. The van der Waals surface area contributed by atoms with Crippen molar-refractivity contribution < 1.29 is 24.0 Å². The van der Waals surface area contributed by atoms with Crippen LogP contribution in [0.4, 0.5) is 11.4 Å². The first-order valence-electron chi connectivity index (χ1n) is 13.5. The minimum Gasteiger partial charge on any atom is -0.497 e. The van der Waals surface area contributed by atoms with E-state index in [1.165, 1.54) is 19.2 Å². The van der Waals surface area contributed by atoms with Crippen LogP contribution in [-0.4, -0.2) is 41.5 Å². The molecule has 3 unspecified atom stereocenters. The van der Waals surface area contributed by atoms with Gasteiger partial charge in [-0.25, -0.2) is 0 Å². The average molecular weight is 557 g/mol. The van der Waals surface area contributed by atoms with Gasteiger partial charge in [0.2, 0.25) is 0 Å². The van der Waals surface area contributed by atoms with Gasteiger partial charge in [-0.05, 0) is 29.3 Å². The Morgan fingerprint density at radius 3 is 2.21 bits per heavy atom. The topological polar surface area (TPSA) is 107 Å².